The summed E-state index contributed by atoms with van der Waals surface area (Å²) in [6, 6.07) is -0.0140. The molecule has 0 aliphatic heterocycles. The molecule has 0 aromatic rings. The summed E-state index contributed by atoms with van der Waals surface area (Å²) >= 11 is 0. The number of hydrogen-bond donors (Lipinski definition) is 0. The first-order valence-electron chi connectivity index (χ1n) is 5.76. The maximum Gasteiger partial charge on any atom is 0.226 e. The number of hydrogen-bond acceptors (Lipinski definition) is 3. The van der Waals surface area contributed by atoms with E-state index in [0.29, 0.717) is 18.0 Å². The van der Waals surface area contributed by atoms with Crippen LogP contribution in [0, 0.1) is 5.21 Å². The van der Waals surface area contributed by atoms with E-state index in [1.807, 2.05) is 38.7 Å². The monoisotopic (exact) mass is 256 g/mol. The highest BCUT2D eigenvalue weighted by molar-refractivity contribution is 6.69. The summed E-state index contributed by atoms with van der Waals surface area (Å²) in [6.45, 7) is 16.7. The van der Waals surface area contributed by atoms with Gasteiger partial charge in [-0.25, -0.2) is 0 Å². The number of nitrogens with zero attached hydrogens (tertiary/aromatic N) is 2. The molecule has 0 aromatic heterocycles. The fourth-order valence-corrected chi connectivity index (χ4v) is 1.91. The van der Waals surface area contributed by atoms with E-state index < -0.39 is 8.32 Å². The molecule has 1 unspecified atom stereocenters. The van der Waals surface area contributed by atoms with Gasteiger partial charge in [-0.05, 0) is 6.92 Å². The molecule has 0 fully saturated rings. The molecular formula is C12H24N2O2Si. The molecule has 0 amide bonds. The largest absolute Gasteiger partial charge is 0.444 e. The topological polar surface area (TPSA) is 38.5 Å². The van der Waals surface area contributed by atoms with Crippen LogP contribution in [0.2, 0.25) is 19.6 Å². The second-order valence-electron chi connectivity index (χ2n) is 4.91. The van der Waals surface area contributed by atoms with Gasteiger partial charge in [0.15, 0.2) is 8.32 Å². The van der Waals surface area contributed by atoms with E-state index in [1.165, 1.54) is 6.21 Å². The summed E-state index contributed by atoms with van der Waals surface area (Å²) in [7, 11) is -1.84. The minimum atomic E-state index is -1.84. The highest BCUT2D eigenvalue weighted by Crippen LogP contribution is 2.03. The molecule has 0 spiro atoms. The molecule has 0 heterocycles. The van der Waals surface area contributed by atoms with Crippen LogP contribution in [0.4, 0.5) is 0 Å². The molecule has 0 radical (unpaired) electrons. The van der Waals surface area contributed by atoms with E-state index in [4.69, 9.17) is 4.53 Å². The van der Waals surface area contributed by atoms with Gasteiger partial charge < -0.3 is 4.53 Å². The fraction of sp³-hybridized carbons (Fsp3) is 0.583. The normalized spacial score (nSPS) is 14.5. The van der Waals surface area contributed by atoms with Crippen molar-refractivity contribution in [3.05, 3.63) is 30.5 Å². The Morgan fingerprint density at radius 1 is 1.29 bits per heavy atom. The van der Waals surface area contributed by atoms with Crippen molar-refractivity contribution < 1.29 is 9.43 Å². The van der Waals surface area contributed by atoms with Gasteiger partial charge >= 0.3 is 0 Å². The van der Waals surface area contributed by atoms with Crippen molar-refractivity contribution in [3.8, 4) is 0 Å². The molecule has 0 rings (SSSR count). The average Bonchev–Trinajstić information content (AvgIpc) is 2.14. The molecule has 0 saturated heterocycles. The molecule has 5 heteroatoms. The SMILES string of the molecule is C=CCN(CC=C)C(C)/C=[N+](\[O-])O[Si](C)(C)C. The third-order valence-corrected chi connectivity index (χ3v) is 2.73. The van der Waals surface area contributed by atoms with E-state index >= 15 is 0 Å². The van der Waals surface area contributed by atoms with Crippen LogP contribution < -0.4 is 0 Å². The summed E-state index contributed by atoms with van der Waals surface area (Å²) < 4.78 is 5.30. The van der Waals surface area contributed by atoms with Gasteiger partial charge in [-0.3, -0.25) is 10.1 Å². The highest BCUT2D eigenvalue weighted by Gasteiger charge is 2.17. The maximum atomic E-state index is 11.6. The summed E-state index contributed by atoms with van der Waals surface area (Å²) in [5.41, 5.74) is 0. The van der Waals surface area contributed by atoms with E-state index in [0.717, 1.165) is 0 Å². The zero-order valence-electron chi connectivity index (χ0n) is 11.3. The molecule has 98 valence electrons. The van der Waals surface area contributed by atoms with Crippen molar-refractivity contribution in [1.82, 2.24) is 4.90 Å². The Labute approximate surface area is 106 Å². The Morgan fingerprint density at radius 3 is 2.12 bits per heavy atom. The lowest BCUT2D eigenvalue weighted by atomic mass is 10.3. The minimum Gasteiger partial charge on any atom is -0.444 e. The van der Waals surface area contributed by atoms with E-state index in [9.17, 15) is 5.21 Å². The van der Waals surface area contributed by atoms with E-state index in [-0.39, 0.29) is 6.04 Å². The predicted molar refractivity (Wildman–Crippen MR) is 75.6 cm³/mol. The van der Waals surface area contributed by atoms with Gasteiger partial charge in [0.25, 0.3) is 0 Å². The standard InChI is InChI=1S/C12H24N2O2Si/c1-7-9-13(10-8-2)12(3)11-14(15)16-17(4,5)6/h7-8,11-12H,1-2,9-10H2,3-6H3/b14-11+. The quantitative estimate of drug-likeness (QED) is 0.220. The van der Waals surface area contributed by atoms with Gasteiger partial charge in [0.2, 0.25) is 6.21 Å². The first-order chi connectivity index (χ1) is 7.80. The van der Waals surface area contributed by atoms with E-state index in [1.54, 1.807) is 0 Å². The Hall–Kier alpha value is -1.07. The fourth-order valence-electron chi connectivity index (χ4n) is 1.31. The lowest BCUT2D eigenvalue weighted by molar-refractivity contribution is -0.701. The van der Waals surface area contributed by atoms with Gasteiger partial charge in [0.05, 0.1) is 6.04 Å². The molecule has 1 atom stereocenters. The summed E-state index contributed by atoms with van der Waals surface area (Å²) in [6.07, 6.45) is 5.15. The van der Waals surface area contributed by atoms with Crippen LogP contribution in [0.1, 0.15) is 6.92 Å². The van der Waals surface area contributed by atoms with Crippen LogP contribution in [0.3, 0.4) is 0 Å². The van der Waals surface area contributed by atoms with Crippen molar-refractivity contribution in [1.29, 1.82) is 0 Å². The third kappa shape index (κ3) is 7.76. The summed E-state index contributed by atoms with van der Waals surface area (Å²) in [4.78, 5) is 2.66. The van der Waals surface area contributed by atoms with Gasteiger partial charge in [-0.15, -0.1) is 13.2 Å². The molecule has 0 aliphatic rings. The van der Waals surface area contributed by atoms with Crippen molar-refractivity contribution in [2.45, 2.75) is 32.6 Å². The van der Waals surface area contributed by atoms with Crippen molar-refractivity contribution in [2.24, 2.45) is 0 Å². The molecule has 17 heavy (non-hydrogen) atoms. The van der Waals surface area contributed by atoms with Crippen LogP contribution in [-0.4, -0.2) is 43.5 Å². The molecule has 0 saturated carbocycles. The Bertz CT molecular complexity index is 275. The van der Waals surface area contributed by atoms with Crippen molar-refractivity contribution in [2.75, 3.05) is 13.1 Å². The summed E-state index contributed by atoms with van der Waals surface area (Å²) in [5, 5.41) is 11.6. The maximum absolute atomic E-state index is 11.6. The Balaban J connectivity index is 4.54. The molecule has 0 N–H and O–H groups in total. The van der Waals surface area contributed by atoms with Crippen LogP contribution in [0.15, 0.2) is 25.3 Å². The lowest BCUT2D eigenvalue weighted by Crippen LogP contribution is -2.38. The lowest BCUT2D eigenvalue weighted by Gasteiger charge is -2.24. The zero-order valence-corrected chi connectivity index (χ0v) is 12.3. The number of rotatable bonds is 8. The summed E-state index contributed by atoms with van der Waals surface area (Å²) in [5.74, 6) is 0. The highest BCUT2D eigenvalue weighted by atomic mass is 28.4. The smallest absolute Gasteiger partial charge is 0.226 e. The van der Waals surface area contributed by atoms with Gasteiger partial charge in [0.1, 0.15) is 0 Å². The molecule has 0 aliphatic carbocycles. The zero-order chi connectivity index (χ0) is 13.5. The second-order valence-corrected chi connectivity index (χ2v) is 9.32. The van der Waals surface area contributed by atoms with Gasteiger partial charge in [-0.1, -0.05) is 31.8 Å². The predicted octanol–water partition coefficient (Wildman–Crippen LogP) is 2.40. The van der Waals surface area contributed by atoms with E-state index in [2.05, 4.69) is 18.1 Å². The van der Waals surface area contributed by atoms with Crippen molar-refractivity contribution in [3.63, 3.8) is 0 Å². The van der Waals surface area contributed by atoms with Gasteiger partial charge in [0, 0.05) is 18.0 Å². The Morgan fingerprint density at radius 2 is 1.76 bits per heavy atom. The van der Waals surface area contributed by atoms with Crippen LogP contribution in [0.5, 0.6) is 0 Å². The first kappa shape index (κ1) is 15.9. The Kier molecular flexibility index (Phi) is 6.83. The van der Waals surface area contributed by atoms with Gasteiger partial charge in [-0.2, -0.15) is 0 Å². The molecule has 0 bridgehead atoms. The molecule has 0 aromatic carbocycles. The molecule has 4 nitrogen and oxygen atoms in total. The minimum absolute atomic E-state index is 0.0140. The first-order valence-corrected chi connectivity index (χ1v) is 9.17. The third-order valence-electron chi connectivity index (χ3n) is 2.00. The van der Waals surface area contributed by atoms with Crippen LogP contribution in [0.25, 0.3) is 0 Å². The van der Waals surface area contributed by atoms with Crippen molar-refractivity contribution >= 4 is 14.5 Å². The average molecular weight is 256 g/mol. The van der Waals surface area contributed by atoms with Crippen LogP contribution >= 0.6 is 0 Å². The van der Waals surface area contributed by atoms with Crippen LogP contribution in [-0.2, 0) is 4.53 Å². The second kappa shape index (κ2) is 7.29. The molecular weight excluding hydrogens is 232 g/mol.